The molecule has 1 heterocycles. The van der Waals surface area contributed by atoms with Crippen LogP contribution in [0.15, 0.2) is 64.9 Å². The molecular weight excluding hydrogens is 496 g/mol. The van der Waals surface area contributed by atoms with Gasteiger partial charge in [0.15, 0.2) is 0 Å². The van der Waals surface area contributed by atoms with Gasteiger partial charge in [0.2, 0.25) is 0 Å². The van der Waals surface area contributed by atoms with Gasteiger partial charge in [0, 0.05) is 25.7 Å². The highest BCUT2D eigenvalue weighted by atomic mass is 19.1. The van der Waals surface area contributed by atoms with Gasteiger partial charge in [-0.25, -0.2) is 13.8 Å². The van der Waals surface area contributed by atoms with Crippen LogP contribution in [0.25, 0.3) is 16.7 Å². The zero-order valence-electron chi connectivity index (χ0n) is 23.6. The summed E-state index contributed by atoms with van der Waals surface area (Å²) in [6, 6.07) is 9.30. The van der Waals surface area contributed by atoms with E-state index in [1.165, 1.54) is 25.2 Å². The molecule has 39 heavy (non-hydrogen) atoms. The molecule has 1 N–H and O–H groups in total. The summed E-state index contributed by atoms with van der Waals surface area (Å²) in [5.41, 5.74) is 2.46. The highest BCUT2D eigenvalue weighted by Gasteiger charge is 2.52. The highest BCUT2D eigenvalue weighted by molar-refractivity contribution is 5.97. The van der Waals surface area contributed by atoms with Crippen molar-refractivity contribution in [3.63, 3.8) is 0 Å². The highest BCUT2D eigenvalue weighted by Crippen LogP contribution is 2.58. The maximum atomic E-state index is 14.6. The monoisotopic (exact) mass is 533 g/mol. The van der Waals surface area contributed by atoms with Crippen LogP contribution in [0, 0.1) is 35.3 Å². The molecule has 0 saturated heterocycles. The standard InChI is InChI=1S/C31H37F2N5O/c1-8-38(29(39)21-12-13-25-26(17-21)36-20(3)35-25)18-31(6)15-14-22(30(31,4)5)19(2)16-27(37-34-7)28-23(32)10-9-11-24(28)33/h9-13,16-17,22H,2,8,14-15,18H2,1,3-7H3,(H,35,36)/b27-16-,37-34?/t22-,31-/m0/s1. The lowest BCUT2D eigenvalue weighted by Crippen LogP contribution is -2.46. The van der Waals surface area contributed by atoms with Gasteiger partial charge in [-0.1, -0.05) is 33.4 Å². The third-order valence-electron chi connectivity index (χ3n) is 8.66. The minimum Gasteiger partial charge on any atom is -0.342 e. The van der Waals surface area contributed by atoms with Crippen LogP contribution in [0.2, 0.25) is 0 Å². The number of hydrogen-bond acceptors (Lipinski definition) is 4. The van der Waals surface area contributed by atoms with Gasteiger partial charge in [-0.05, 0) is 85.4 Å². The Kier molecular flexibility index (Phi) is 7.87. The second-order valence-corrected chi connectivity index (χ2v) is 11.2. The van der Waals surface area contributed by atoms with Crippen molar-refractivity contribution < 1.29 is 13.6 Å². The van der Waals surface area contributed by atoms with Gasteiger partial charge >= 0.3 is 0 Å². The van der Waals surface area contributed by atoms with E-state index in [-0.39, 0.29) is 33.9 Å². The number of halogens is 2. The van der Waals surface area contributed by atoms with Crippen molar-refractivity contribution in [2.45, 2.75) is 47.5 Å². The number of aryl methyl sites for hydroxylation is 1. The fourth-order valence-corrected chi connectivity index (χ4v) is 5.98. The number of azo groups is 1. The van der Waals surface area contributed by atoms with Crippen LogP contribution in [-0.4, -0.2) is 40.9 Å². The fraction of sp³-hybridized carbons (Fsp3) is 0.419. The summed E-state index contributed by atoms with van der Waals surface area (Å²) in [4.78, 5) is 23.1. The number of rotatable bonds is 8. The van der Waals surface area contributed by atoms with Crippen LogP contribution in [0.3, 0.4) is 0 Å². The Balaban J connectivity index is 1.59. The number of allylic oxidation sites excluding steroid dienone is 2. The van der Waals surface area contributed by atoms with Gasteiger partial charge in [0.1, 0.15) is 17.5 Å². The summed E-state index contributed by atoms with van der Waals surface area (Å²) in [6.07, 6.45) is 3.36. The molecule has 3 aromatic rings. The molecule has 4 rings (SSSR count). The number of carbonyl (C=O) groups excluding carboxylic acids is 1. The van der Waals surface area contributed by atoms with E-state index in [1.54, 1.807) is 6.08 Å². The molecule has 1 aliphatic carbocycles. The zero-order valence-corrected chi connectivity index (χ0v) is 23.6. The third-order valence-corrected chi connectivity index (χ3v) is 8.66. The number of nitrogens with one attached hydrogen (secondary N) is 1. The molecule has 1 amide bonds. The fourth-order valence-electron chi connectivity index (χ4n) is 5.98. The molecular formula is C31H37F2N5O. The molecule has 0 bridgehead atoms. The first kappa shape index (κ1) is 28.3. The predicted octanol–water partition coefficient (Wildman–Crippen LogP) is 7.73. The van der Waals surface area contributed by atoms with Crippen LogP contribution in [0.4, 0.5) is 8.78 Å². The molecule has 0 radical (unpaired) electrons. The minimum atomic E-state index is -0.697. The quantitative estimate of drug-likeness (QED) is 0.238. The van der Waals surface area contributed by atoms with E-state index < -0.39 is 11.6 Å². The van der Waals surface area contributed by atoms with Gasteiger partial charge < -0.3 is 9.88 Å². The maximum absolute atomic E-state index is 14.6. The van der Waals surface area contributed by atoms with E-state index in [4.69, 9.17) is 0 Å². The number of amides is 1. The SMILES string of the molecule is C=C(/C=C(\N=NC)c1c(F)cccc1F)[C@@H]1CC[C@@](C)(CN(CC)C(=O)c2ccc3nc(C)[nH]c3c2)C1(C)C. The zero-order chi connectivity index (χ0) is 28.5. The van der Waals surface area contributed by atoms with E-state index in [2.05, 4.69) is 47.5 Å². The lowest BCUT2D eigenvalue weighted by molar-refractivity contribution is 0.0421. The first-order chi connectivity index (χ1) is 18.4. The molecule has 1 aliphatic rings. The average molecular weight is 534 g/mol. The van der Waals surface area contributed by atoms with Crippen LogP contribution in [0.1, 0.15) is 62.3 Å². The summed E-state index contributed by atoms with van der Waals surface area (Å²) >= 11 is 0. The summed E-state index contributed by atoms with van der Waals surface area (Å²) < 4.78 is 29.1. The summed E-state index contributed by atoms with van der Waals surface area (Å²) in [5.74, 6) is -0.581. The third kappa shape index (κ3) is 5.29. The van der Waals surface area contributed by atoms with Crippen molar-refractivity contribution >= 4 is 22.6 Å². The summed E-state index contributed by atoms with van der Waals surface area (Å²) in [5, 5.41) is 7.83. The van der Waals surface area contributed by atoms with Gasteiger partial charge in [0.25, 0.3) is 5.91 Å². The van der Waals surface area contributed by atoms with E-state index >= 15 is 0 Å². The smallest absolute Gasteiger partial charge is 0.253 e. The summed E-state index contributed by atoms with van der Waals surface area (Å²) in [7, 11) is 1.47. The minimum absolute atomic E-state index is 0.0217. The molecule has 2 aromatic carbocycles. The number of carbonyl (C=O) groups is 1. The van der Waals surface area contributed by atoms with Crippen molar-refractivity contribution in [2.75, 3.05) is 20.1 Å². The van der Waals surface area contributed by atoms with Crippen molar-refractivity contribution in [3.05, 3.63) is 83.2 Å². The Morgan fingerprint density at radius 3 is 2.56 bits per heavy atom. The molecule has 8 heteroatoms. The van der Waals surface area contributed by atoms with Gasteiger partial charge in [-0.2, -0.15) is 10.2 Å². The molecule has 0 aliphatic heterocycles. The van der Waals surface area contributed by atoms with E-state index in [9.17, 15) is 13.6 Å². The van der Waals surface area contributed by atoms with Gasteiger partial charge in [-0.15, -0.1) is 0 Å². The van der Waals surface area contributed by atoms with Gasteiger partial charge in [0.05, 0.1) is 22.3 Å². The Labute approximate surface area is 228 Å². The molecule has 0 spiro atoms. The Hall–Kier alpha value is -3.68. The van der Waals surface area contributed by atoms with Crippen molar-refractivity contribution in [2.24, 2.45) is 27.0 Å². The topological polar surface area (TPSA) is 73.7 Å². The van der Waals surface area contributed by atoms with E-state index in [1.807, 2.05) is 36.9 Å². The number of aromatic amines is 1. The van der Waals surface area contributed by atoms with Crippen LogP contribution in [0.5, 0.6) is 0 Å². The first-order valence-corrected chi connectivity index (χ1v) is 13.3. The molecule has 6 nitrogen and oxygen atoms in total. The normalized spacial score (nSPS) is 21.1. The largest absolute Gasteiger partial charge is 0.342 e. The molecule has 1 aromatic heterocycles. The first-order valence-electron chi connectivity index (χ1n) is 13.3. The van der Waals surface area contributed by atoms with Crippen LogP contribution in [-0.2, 0) is 0 Å². The summed E-state index contributed by atoms with van der Waals surface area (Å²) in [6.45, 7) is 15.9. The Morgan fingerprint density at radius 1 is 1.23 bits per heavy atom. The average Bonchev–Trinajstić information content (AvgIpc) is 3.36. The van der Waals surface area contributed by atoms with Crippen molar-refractivity contribution in [1.29, 1.82) is 0 Å². The lowest BCUT2D eigenvalue weighted by atomic mass is 9.64. The van der Waals surface area contributed by atoms with E-state index in [0.29, 0.717) is 18.7 Å². The number of nitrogens with zero attached hydrogens (tertiary/aromatic N) is 4. The number of aromatic nitrogens is 2. The second-order valence-electron chi connectivity index (χ2n) is 11.2. The Morgan fingerprint density at radius 2 is 1.92 bits per heavy atom. The number of hydrogen-bond donors (Lipinski definition) is 1. The van der Waals surface area contributed by atoms with Crippen LogP contribution < -0.4 is 0 Å². The van der Waals surface area contributed by atoms with Crippen molar-refractivity contribution in [3.8, 4) is 0 Å². The maximum Gasteiger partial charge on any atom is 0.253 e. The lowest BCUT2D eigenvalue weighted by Gasteiger charge is -2.45. The number of benzene rings is 2. The molecule has 2 atom stereocenters. The molecule has 206 valence electrons. The van der Waals surface area contributed by atoms with E-state index in [0.717, 1.165) is 35.3 Å². The predicted molar refractivity (Wildman–Crippen MR) is 151 cm³/mol. The molecule has 1 fully saturated rings. The van der Waals surface area contributed by atoms with Crippen LogP contribution >= 0.6 is 0 Å². The van der Waals surface area contributed by atoms with Gasteiger partial charge in [-0.3, -0.25) is 4.79 Å². The number of imidazole rings is 1. The molecule has 1 saturated carbocycles. The molecule has 0 unspecified atom stereocenters. The van der Waals surface area contributed by atoms with Crippen molar-refractivity contribution in [1.82, 2.24) is 14.9 Å². The Bertz CT molecular complexity index is 1450. The number of H-pyrrole nitrogens is 1. The number of fused-ring (bicyclic) bond motifs is 1. The second kappa shape index (κ2) is 10.8.